The van der Waals surface area contributed by atoms with Crippen molar-refractivity contribution in [3.8, 4) is 17.2 Å². The number of hydrogen-bond acceptors (Lipinski definition) is 4. The second-order valence-electron chi connectivity index (χ2n) is 5.86. The monoisotopic (exact) mass is 358 g/mol. The molecule has 2 rings (SSSR count). The van der Waals surface area contributed by atoms with Crippen LogP contribution >= 0.6 is 0 Å². The minimum Gasteiger partial charge on any atom is -0.494 e. The highest BCUT2D eigenvalue weighted by Gasteiger charge is 2.15. The molecule has 1 atom stereocenters. The molecule has 26 heavy (non-hydrogen) atoms. The van der Waals surface area contributed by atoms with Gasteiger partial charge in [-0.3, -0.25) is 0 Å². The molecular formula is C20H26N2O4. The first kappa shape index (κ1) is 19.4. The van der Waals surface area contributed by atoms with E-state index in [1.54, 1.807) is 32.4 Å². The topological polar surface area (TPSA) is 68.8 Å². The predicted octanol–water partition coefficient (Wildman–Crippen LogP) is 4.29. The van der Waals surface area contributed by atoms with Crippen molar-refractivity contribution in [3.63, 3.8) is 0 Å². The van der Waals surface area contributed by atoms with Crippen LogP contribution in [-0.4, -0.2) is 26.9 Å². The lowest BCUT2D eigenvalue weighted by molar-refractivity contribution is 0.249. The van der Waals surface area contributed by atoms with Crippen LogP contribution in [0.4, 0.5) is 10.5 Å². The van der Waals surface area contributed by atoms with Crippen LogP contribution in [0.25, 0.3) is 0 Å². The zero-order valence-corrected chi connectivity index (χ0v) is 15.9. The van der Waals surface area contributed by atoms with Gasteiger partial charge in [-0.2, -0.15) is 0 Å². The normalized spacial score (nSPS) is 11.4. The molecule has 2 amide bonds. The van der Waals surface area contributed by atoms with Crippen LogP contribution in [0.15, 0.2) is 36.4 Å². The molecule has 0 saturated heterocycles. The van der Waals surface area contributed by atoms with Gasteiger partial charge in [0.15, 0.2) is 11.5 Å². The zero-order chi connectivity index (χ0) is 19.1. The average molecular weight is 358 g/mol. The lowest BCUT2D eigenvalue weighted by Gasteiger charge is -2.19. The Morgan fingerprint density at radius 3 is 2.38 bits per heavy atom. The highest BCUT2D eigenvalue weighted by Crippen LogP contribution is 2.30. The number of methoxy groups -OCH3 is 2. The van der Waals surface area contributed by atoms with E-state index in [4.69, 9.17) is 14.2 Å². The second kappa shape index (κ2) is 8.99. The van der Waals surface area contributed by atoms with Gasteiger partial charge in [0.25, 0.3) is 0 Å². The lowest BCUT2D eigenvalue weighted by atomic mass is 10.0. The molecule has 0 aliphatic heterocycles. The number of carbonyl (C=O) groups is 1. The van der Waals surface area contributed by atoms with Crippen LogP contribution in [-0.2, 0) is 0 Å². The Morgan fingerprint density at radius 2 is 1.73 bits per heavy atom. The third-order valence-corrected chi connectivity index (χ3v) is 3.92. The van der Waals surface area contributed by atoms with Crippen LogP contribution in [0.1, 0.15) is 31.0 Å². The number of benzene rings is 2. The summed E-state index contributed by atoms with van der Waals surface area (Å²) in [6.45, 7) is 6.44. The van der Waals surface area contributed by atoms with E-state index in [0.29, 0.717) is 23.8 Å². The maximum atomic E-state index is 12.4. The smallest absolute Gasteiger partial charge is 0.319 e. The van der Waals surface area contributed by atoms with Gasteiger partial charge in [-0.05, 0) is 39.0 Å². The Hall–Kier alpha value is -2.89. The predicted molar refractivity (Wildman–Crippen MR) is 102 cm³/mol. The van der Waals surface area contributed by atoms with Crippen molar-refractivity contribution in [1.82, 2.24) is 5.32 Å². The van der Waals surface area contributed by atoms with Gasteiger partial charge >= 0.3 is 6.03 Å². The largest absolute Gasteiger partial charge is 0.494 e. The van der Waals surface area contributed by atoms with Crippen LogP contribution in [0.5, 0.6) is 17.2 Å². The van der Waals surface area contributed by atoms with Gasteiger partial charge in [0, 0.05) is 17.3 Å². The molecule has 2 aromatic carbocycles. The van der Waals surface area contributed by atoms with Crippen molar-refractivity contribution in [3.05, 3.63) is 47.5 Å². The van der Waals surface area contributed by atoms with Crippen LogP contribution in [0.2, 0.25) is 0 Å². The van der Waals surface area contributed by atoms with Crippen LogP contribution in [0, 0.1) is 6.92 Å². The summed E-state index contributed by atoms with van der Waals surface area (Å²) in [6.07, 6.45) is 0. The molecule has 1 unspecified atom stereocenters. The maximum Gasteiger partial charge on any atom is 0.319 e. The molecule has 0 aromatic heterocycles. The molecule has 2 N–H and O–H groups in total. The van der Waals surface area contributed by atoms with E-state index in [9.17, 15) is 4.79 Å². The van der Waals surface area contributed by atoms with Crippen LogP contribution in [0.3, 0.4) is 0 Å². The van der Waals surface area contributed by atoms with Crippen molar-refractivity contribution in [2.45, 2.75) is 26.8 Å². The van der Waals surface area contributed by atoms with Gasteiger partial charge in [-0.15, -0.1) is 0 Å². The van der Waals surface area contributed by atoms with Crippen molar-refractivity contribution < 1.29 is 19.0 Å². The first-order valence-electron chi connectivity index (χ1n) is 8.51. The second-order valence-corrected chi connectivity index (χ2v) is 5.86. The van der Waals surface area contributed by atoms with E-state index >= 15 is 0 Å². The summed E-state index contributed by atoms with van der Waals surface area (Å²) >= 11 is 0. The first-order chi connectivity index (χ1) is 12.5. The number of aryl methyl sites for hydroxylation is 1. The maximum absolute atomic E-state index is 12.4. The molecule has 6 nitrogen and oxygen atoms in total. The van der Waals surface area contributed by atoms with E-state index < -0.39 is 0 Å². The number of anilines is 1. The molecule has 0 saturated carbocycles. The SMILES string of the molecule is CCOc1ccc(C)cc1C(C)NC(=O)Nc1ccc(OC)c(OC)c1. The number of amides is 2. The third-order valence-electron chi connectivity index (χ3n) is 3.92. The summed E-state index contributed by atoms with van der Waals surface area (Å²) in [5.41, 5.74) is 2.66. The lowest BCUT2D eigenvalue weighted by Crippen LogP contribution is -2.31. The summed E-state index contributed by atoms with van der Waals surface area (Å²) in [5, 5.41) is 5.74. The molecule has 0 radical (unpaired) electrons. The average Bonchev–Trinajstić information content (AvgIpc) is 2.63. The fourth-order valence-electron chi connectivity index (χ4n) is 2.65. The standard InChI is InChI=1S/C20H26N2O4/c1-6-26-17-9-7-13(2)11-16(17)14(3)21-20(23)22-15-8-10-18(24-4)19(12-15)25-5/h7-12,14H,6H2,1-5H3,(H2,21,22,23). The third kappa shape index (κ3) is 4.81. The Morgan fingerprint density at radius 1 is 1.04 bits per heavy atom. The molecular weight excluding hydrogens is 332 g/mol. The number of nitrogens with one attached hydrogen (secondary N) is 2. The Kier molecular flexibility index (Phi) is 6.72. The highest BCUT2D eigenvalue weighted by molar-refractivity contribution is 5.90. The van der Waals surface area contributed by atoms with E-state index in [1.807, 2.05) is 39.0 Å². The van der Waals surface area contributed by atoms with E-state index in [1.165, 1.54) is 0 Å². The Balaban J connectivity index is 2.09. The van der Waals surface area contributed by atoms with Gasteiger partial charge in [0.1, 0.15) is 5.75 Å². The van der Waals surface area contributed by atoms with E-state index in [-0.39, 0.29) is 12.1 Å². The van der Waals surface area contributed by atoms with Crippen molar-refractivity contribution in [2.24, 2.45) is 0 Å². The van der Waals surface area contributed by atoms with Crippen molar-refractivity contribution in [2.75, 3.05) is 26.1 Å². The summed E-state index contributed by atoms with van der Waals surface area (Å²) in [4.78, 5) is 12.4. The molecule has 0 fully saturated rings. The van der Waals surface area contributed by atoms with Crippen LogP contribution < -0.4 is 24.8 Å². The quantitative estimate of drug-likeness (QED) is 0.774. The van der Waals surface area contributed by atoms with Crippen molar-refractivity contribution >= 4 is 11.7 Å². The van der Waals surface area contributed by atoms with Gasteiger partial charge < -0.3 is 24.8 Å². The summed E-state index contributed by atoms with van der Waals surface area (Å²) in [6, 6.07) is 10.6. The molecule has 140 valence electrons. The van der Waals surface area contributed by atoms with E-state index in [2.05, 4.69) is 10.6 Å². The van der Waals surface area contributed by atoms with Gasteiger partial charge in [-0.25, -0.2) is 4.79 Å². The molecule has 6 heteroatoms. The number of ether oxygens (including phenoxy) is 3. The van der Waals surface area contributed by atoms with Gasteiger partial charge in [0.2, 0.25) is 0 Å². The number of hydrogen-bond donors (Lipinski definition) is 2. The number of urea groups is 1. The Labute approximate surface area is 154 Å². The first-order valence-corrected chi connectivity index (χ1v) is 8.51. The Bertz CT molecular complexity index is 761. The summed E-state index contributed by atoms with van der Waals surface area (Å²) < 4.78 is 16.1. The molecule has 0 spiro atoms. The van der Waals surface area contributed by atoms with Gasteiger partial charge in [0.05, 0.1) is 26.9 Å². The highest BCUT2D eigenvalue weighted by atomic mass is 16.5. The molecule has 0 aliphatic carbocycles. The van der Waals surface area contributed by atoms with E-state index in [0.717, 1.165) is 16.9 Å². The summed E-state index contributed by atoms with van der Waals surface area (Å²) in [5.74, 6) is 1.93. The number of carbonyl (C=O) groups excluding carboxylic acids is 1. The minimum absolute atomic E-state index is 0.211. The molecule has 2 aromatic rings. The van der Waals surface area contributed by atoms with Crippen molar-refractivity contribution in [1.29, 1.82) is 0 Å². The fraction of sp³-hybridized carbons (Fsp3) is 0.350. The summed E-state index contributed by atoms with van der Waals surface area (Å²) in [7, 11) is 3.12. The molecule has 0 bridgehead atoms. The molecule has 0 heterocycles. The molecule has 0 aliphatic rings. The fourth-order valence-corrected chi connectivity index (χ4v) is 2.65. The van der Waals surface area contributed by atoms with Gasteiger partial charge in [-0.1, -0.05) is 17.7 Å². The number of rotatable bonds is 7. The zero-order valence-electron chi connectivity index (χ0n) is 15.9. The minimum atomic E-state index is -0.311.